The van der Waals surface area contributed by atoms with Gasteiger partial charge in [0.05, 0.1) is 0 Å². The molecular formula is C10H20ClNO2. The van der Waals surface area contributed by atoms with Gasteiger partial charge in [-0.3, -0.25) is 0 Å². The second kappa shape index (κ2) is 5.44. The van der Waals surface area contributed by atoms with Crippen molar-refractivity contribution in [3.63, 3.8) is 0 Å². The Balaban J connectivity index is 4.04. The number of carbonyl (C=O) groups is 1. The van der Waals surface area contributed by atoms with Gasteiger partial charge in [0.2, 0.25) is 0 Å². The Morgan fingerprint density at radius 1 is 1.43 bits per heavy atom. The van der Waals surface area contributed by atoms with E-state index in [-0.39, 0.29) is 6.04 Å². The van der Waals surface area contributed by atoms with Crippen molar-refractivity contribution in [1.82, 2.24) is 5.32 Å². The molecule has 1 atom stereocenters. The molecular weight excluding hydrogens is 202 g/mol. The third-order valence-corrected chi connectivity index (χ3v) is 2.01. The second-order valence-electron chi connectivity index (χ2n) is 4.65. The lowest BCUT2D eigenvalue weighted by Crippen LogP contribution is -2.42. The summed E-state index contributed by atoms with van der Waals surface area (Å²) in [7, 11) is 0. The van der Waals surface area contributed by atoms with Crippen LogP contribution in [-0.2, 0) is 4.74 Å². The molecule has 0 spiro atoms. The summed E-state index contributed by atoms with van der Waals surface area (Å²) in [5.41, 5.74) is -0.460. The predicted molar refractivity (Wildman–Crippen MR) is 58.7 cm³/mol. The minimum Gasteiger partial charge on any atom is -0.444 e. The standard InChI is InChI=1S/C10H20ClNO2/c1-7(2)8(6-11)12-9(13)14-10(3,4)5/h7-8H,6H2,1-5H3,(H,12,13)/t8-/m1/s1. The van der Waals surface area contributed by atoms with E-state index in [0.717, 1.165) is 0 Å². The number of rotatable bonds is 3. The van der Waals surface area contributed by atoms with E-state index >= 15 is 0 Å². The van der Waals surface area contributed by atoms with Crippen molar-refractivity contribution in [1.29, 1.82) is 0 Å². The van der Waals surface area contributed by atoms with Crippen LogP contribution in [0.5, 0.6) is 0 Å². The van der Waals surface area contributed by atoms with Crippen molar-refractivity contribution in [2.75, 3.05) is 5.88 Å². The number of ether oxygens (including phenoxy) is 1. The zero-order chi connectivity index (χ0) is 11.4. The minimum atomic E-state index is -0.460. The molecule has 0 aliphatic carbocycles. The van der Waals surface area contributed by atoms with Crippen LogP contribution in [-0.4, -0.2) is 23.6 Å². The highest BCUT2D eigenvalue weighted by molar-refractivity contribution is 6.18. The van der Waals surface area contributed by atoms with Crippen LogP contribution in [0, 0.1) is 5.92 Å². The van der Waals surface area contributed by atoms with Crippen molar-refractivity contribution in [3.8, 4) is 0 Å². The van der Waals surface area contributed by atoms with Gasteiger partial charge in [0.1, 0.15) is 5.60 Å². The van der Waals surface area contributed by atoms with E-state index in [1.54, 1.807) is 0 Å². The Kier molecular flexibility index (Phi) is 5.27. The highest BCUT2D eigenvalue weighted by atomic mass is 35.5. The van der Waals surface area contributed by atoms with Crippen LogP contribution >= 0.6 is 11.6 Å². The molecule has 0 saturated heterocycles. The van der Waals surface area contributed by atoms with Crippen molar-refractivity contribution in [2.45, 2.75) is 46.3 Å². The average molecular weight is 222 g/mol. The van der Waals surface area contributed by atoms with Gasteiger partial charge >= 0.3 is 6.09 Å². The molecule has 0 bridgehead atoms. The third kappa shape index (κ3) is 6.08. The number of alkyl carbamates (subject to hydrolysis) is 1. The lowest BCUT2D eigenvalue weighted by molar-refractivity contribution is 0.0497. The monoisotopic (exact) mass is 221 g/mol. The molecule has 84 valence electrons. The fourth-order valence-corrected chi connectivity index (χ4v) is 1.28. The summed E-state index contributed by atoms with van der Waals surface area (Å²) in [5.74, 6) is 0.705. The average Bonchev–Trinajstić information content (AvgIpc) is 1.96. The molecule has 0 aliphatic rings. The Morgan fingerprint density at radius 2 is 1.93 bits per heavy atom. The summed E-state index contributed by atoms with van der Waals surface area (Å²) in [6.45, 7) is 9.50. The topological polar surface area (TPSA) is 38.3 Å². The maximum Gasteiger partial charge on any atom is 0.407 e. The maximum atomic E-state index is 11.3. The first-order chi connectivity index (χ1) is 6.26. The lowest BCUT2D eigenvalue weighted by Gasteiger charge is -2.24. The van der Waals surface area contributed by atoms with Gasteiger partial charge in [0.25, 0.3) is 0 Å². The Morgan fingerprint density at radius 3 is 2.21 bits per heavy atom. The van der Waals surface area contributed by atoms with E-state index in [2.05, 4.69) is 5.32 Å². The van der Waals surface area contributed by atoms with Crippen molar-refractivity contribution >= 4 is 17.7 Å². The van der Waals surface area contributed by atoms with E-state index in [9.17, 15) is 4.79 Å². The molecule has 0 aromatic heterocycles. The van der Waals surface area contributed by atoms with Gasteiger partial charge in [0, 0.05) is 11.9 Å². The number of carbonyl (C=O) groups excluding carboxylic acids is 1. The van der Waals surface area contributed by atoms with Gasteiger partial charge in [-0.25, -0.2) is 4.79 Å². The van der Waals surface area contributed by atoms with Crippen LogP contribution in [0.2, 0.25) is 0 Å². The van der Waals surface area contributed by atoms with Crippen LogP contribution in [0.4, 0.5) is 4.79 Å². The summed E-state index contributed by atoms with van der Waals surface area (Å²) in [6.07, 6.45) is -0.406. The van der Waals surface area contributed by atoms with E-state index in [0.29, 0.717) is 11.8 Å². The Hall–Kier alpha value is -0.440. The first kappa shape index (κ1) is 13.6. The number of halogens is 1. The van der Waals surface area contributed by atoms with Crippen molar-refractivity contribution in [2.24, 2.45) is 5.92 Å². The highest BCUT2D eigenvalue weighted by Gasteiger charge is 2.20. The lowest BCUT2D eigenvalue weighted by atomic mass is 10.1. The number of nitrogens with one attached hydrogen (secondary N) is 1. The number of alkyl halides is 1. The first-order valence-electron chi connectivity index (χ1n) is 4.81. The van der Waals surface area contributed by atoms with Gasteiger partial charge in [-0.15, -0.1) is 11.6 Å². The zero-order valence-electron chi connectivity index (χ0n) is 9.56. The fourth-order valence-electron chi connectivity index (χ4n) is 0.842. The largest absolute Gasteiger partial charge is 0.444 e. The van der Waals surface area contributed by atoms with Gasteiger partial charge < -0.3 is 10.1 Å². The van der Waals surface area contributed by atoms with Crippen LogP contribution in [0.3, 0.4) is 0 Å². The molecule has 0 unspecified atom stereocenters. The number of hydrogen-bond donors (Lipinski definition) is 1. The zero-order valence-corrected chi connectivity index (χ0v) is 10.3. The predicted octanol–water partition coefficient (Wildman–Crippen LogP) is 2.77. The van der Waals surface area contributed by atoms with E-state index in [1.165, 1.54) is 0 Å². The van der Waals surface area contributed by atoms with E-state index < -0.39 is 11.7 Å². The molecule has 0 aromatic rings. The molecule has 0 saturated carbocycles. The number of hydrogen-bond acceptors (Lipinski definition) is 2. The summed E-state index contributed by atoms with van der Waals surface area (Å²) < 4.78 is 5.11. The second-order valence-corrected chi connectivity index (χ2v) is 4.96. The maximum absolute atomic E-state index is 11.3. The van der Waals surface area contributed by atoms with Crippen LogP contribution in [0.1, 0.15) is 34.6 Å². The molecule has 1 N–H and O–H groups in total. The molecule has 0 radical (unpaired) electrons. The molecule has 0 rings (SSSR count). The van der Waals surface area contributed by atoms with E-state index in [4.69, 9.17) is 16.3 Å². The molecule has 1 amide bonds. The van der Waals surface area contributed by atoms with Gasteiger partial charge in [0.15, 0.2) is 0 Å². The van der Waals surface area contributed by atoms with Gasteiger partial charge in [-0.05, 0) is 26.7 Å². The van der Waals surface area contributed by atoms with Crippen LogP contribution in [0.25, 0.3) is 0 Å². The fraction of sp³-hybridized carbons (Fsp3) is 0.900. The Bertz CT molecular complexity index is 187. The smallest absolute Gasteiger partial charge is 0.407 e. The highest BCUT2D eigenvalue weighted by Crippen LogP contribution is 2.09. The molecule has 14 heavy (non-hydrogen) atoms. The molecule has 0 aromatic carbocycles. The summed E-state index contributed by atoms with van der Waals surface area (Å²) >= 11 is 5.71. The summed E-state index contributed by atoms with van der Waals surface area (Å²) in [5, 5.41) is 2.73. The molecule has 3 nitrogen and oxygen atoms in total. The SMILES string of the molecule is CC(C)[C@@H](CCl)NC(=O)OC(C)(C)C. The first-order valence-corrected chi connectivity index (χ1v) is 5.35. The molecule has 0 aliphatic heterocycles. The number of amides is 1. The van der Waals surface area contributed by atoms with Gasteiger partial charge in [-0.1, -0.05) is 13.8 Å². The molecule has 0 heterocycles. The third-order valence-electron chi connectivity index (χ3n) is 1.67. The van der Waals surface area contributed by atoms with Crippen molar-refractivity contribution < 1.29 is 9.53 Å². The summed E-state index contributed by atoms with van der Waals surface area (Å²) in [6, 6.07) is -0.0356. The van der Waals surface area contributed by atoms with E-state index in [1.807, 2.05) is 34.6 Å². The minimum absolute atomic E-state index is 0.0356. The van der Waals surface area contributed by atoms with Crippen LogP contribution in [0.15, 0.2) is 0 Å². The summed E-state index contributed by atoms with van der Waals surface area (Å²) in [4.78, 5) is 11.3. The van der Waals surface area contributed by atoms with Crippen molar-refractivity contribution in [3.05, 3.63) is 0 Å². The van der Waals surface area contributed by atoms with Crippen LogP contribution < -0.4 is 5.32 Å². The Labute approximate surface area is 91.2 Å². The molecule has 4 heteroatoms. The normalized spacial score (nSPS) is 13.9. The van der Waals surface area contributed by atoms with Gasteiger partial charge in [-0.2, -0.15) is 0 Å². The molecule has 0 fully saturated rings. The quantitative estimate of drug-likeness (QED) is 0.745.